The summed E-state index contributed by atoms with van der Waals surface area (Å²) in [6.07, 6.45) is -0.0402. The number of carboxylic acids is 1. The lowest BCUT2D eigenvalue weighted by Gasteiger charge is -2.11. The van der Waals surface area contributed by atoms with Gasteiger partial charge in [0.05, 0.1) is 0 Å². The summed E-state index contributed by atoms with van der Waals surface area (Å²) in [7, 11) is 0. The van der Waals surface area contributed by atoms with E-state index in [1.165, 1.54) is 6.92 Å². The van der Waals surface area contributed by atoms with Gasteiger partial charge in [0.1, 0.15) is 6.04 Å². The van der Waals surface area contributed by atoms with Gasteiger partial charge in [0.2, 0.25) is 11.8 Å². The Kier molecular flexibility index (Phi) is 7.74. The molecule has 0 aromatic heterocycles. The van der Waals surface area contributed by atoms with Crippen LogP contribution in [0, 0.1) is 0 Å². The summed E-state index contributed by atoms with van der Waals surface area (Å²) in [4.78, 5) is 31.3. The molecule has 0 bridgehead atoms. The van der Waals surface area contributed by atoms with Gasteiger partial charge in [-0.1, -0.05) is 0 Å². The van der Waals surface area contributed by atoms with Crippen molar-refractivity contribution in [3.63, 3.8) is 0 Å². The van der Waals surface area contributed by atoms with Crippen molar-refractivity contribution in [1.29, 1.82) is 0 Å². The van der Waals surface area contributed by atoms with Gasteiger partial charge in [0.15, 0.2) is 0 Å². The number of rotatable bonds is 5. The van der Waals surface area contributed by atoms with E-state index in [2.05, 4.69) is 5.32 Å². The predicted octanol–water partition coefficient (Wildman–Crippen LogP) is -0.737. The van der Waals surface area contributed by atoms with Crippen molar-refractivity contribution in [2.24, 2.45) is 5.73 Å². The number of amides is 2. The quantitative estimate of drug-likeness (QED) is 0.572. The maximum Gasteiger partial charge on any atom is 0.326 e. The van der Waals surface area contributed by atoms with E-state index in [4.69, 9.17) is 10.8 Å². The zero-order chi connectivity index (χ0) is 10.4. The number of carbonyl (C=O) groups is 3. The van der Waals surface area contributed by atoms with Crippen LogP contribution in [0.3, 0.4) is 0 Å². The third kappa shape index (κ3) is 7.35. The molecule has 0 aliphatic carbocycles. The van der Waals surface area contributed by atoms with Crippen LogP contribution in [0.15, 0.2) is 0 Å². The summed E-state index contributed by atoms with van der Waals surface area (Å²) in [6, 6.07) is -1.04. The molecule has 4 N–H and O–H groups in total. The molecule has 14 heavy (non-hydrogen) atoms. The largest absolute Gasteiger partial charge is 0.480 e. The minimum atomic E-state index is -1.17. The Bertz CT molecular complexity index is 232. The number of nitrogens with two attached hydrogens (primary N) is 1. The number of hydrogen-bond acceptors (Lipinski definition) is 3. The van der Waals surface area contributed by atoms with E-state index in [0.717, 1.165) is 0 Å². The van der Waals surface area contributed by atoms with Crippen LogP contribution in [0.4, 0.5) is 0 Å². The molecule has 0 aromatic rings. The summed E-state index contributed by atoms with van der Waals surface area (Å²) in [5.41, 5.74) is 4.83. The van der Waals surface area contributed by atoms with Crippen molar-refractivity contribution in [3.05, 3.63) is 0 Å². The zero-order valence-electron chi connectivity index (χ0n) is 7.65. The second-order valence-corrected chi connectivity index (χ2v) is 2.60. The number of carbonyl (C=O) groups excluding carboxylic acids is 2. The van der Waals surface area contributed by atoms with E-state index < -0.39 is 23.8 Å². The highest BCUT2D eigenvalue weighted by atomic mass is 35.5. The SMILES string of the molecule is CC(=O)NC(CCC(N)=O)C(=O)O.Cl. The highest BCUT2D eigenvalue weighted by Crippen LogP contribution is 1.96. The van der Waals surface area contributed by atoms with Crippen LogP contribution in [0.2, 0.25) is 0 Å². The molecular weight excluding hydrogens is 212 g/mol. The van der Waals surface area contributed by atoms with Gasteiger partial charge in [0.25, 0.3) is 0 Å². The van der Waals surface area contributed by atoms with E-state index in [1.54, 1.807) is 0 Å². The lowest BCUT2D eigenvalue weighted by Crippen LogP contribution is -2.40. The monoisotopic (exact) mass is 224 g/mol. The Morgan fingerprint density at radius 2 is 1.93 bits per heavy atom. The molecule has 0 aliphatic heterocycles. The van der Waals surface area contributed by atoms with Gasteiger partial charge in [-0.05, 0) is 6.42 Å². The van der Waals surface area contributed by atoms with Crippen molar-refractivity contribution in [1.82, 2.24) is 5.32 Å². The minimum Gasteiger partial charge on any atom is -0.480 e. The Labute approximate surface area is 87.3 Å². The van der Waals surface area contributed by atoms with Gasteiger partial charge in [-0.25, -0.2) is 4.79 Å². The first-order valence-corrected chi connectivity index (χ1v) is 3.71. The molecule has 2 amide bonds. The number of hydrogen-bond donors (Lipinski definition) is 3. The molecule has 0 radical (unpaired) electrons. The Morgan fingerprint density at radius 1 is 1.43 bits per heavy atom. The van der Waals surface area contributed by atoms with Gasteiger partial charge in [-0.2, -0.15) is 0 Å². The van der Waals surface area contributed by atoms with E-state index in [0.29, 0.717) is 0 Å². The molecule has 6 nitrogen and oxygen atoms in total. The summed E-state index contributed by atoms with van der Waals surface area (Å²) < 4.78 is 0. The predicted molar refractivity (Wildman–Crippen MR) is 50.9 cm³/mol. The third-order valence-electron chi connectivity index (χ3n) is 1.36. The first-order valence-electron chi connectivity index (χ1n) is 3.71. The summed E-state index contributed by atoms with van der Waals surface area (Å²) in [5.74, 6) is -2.20. The van der Waals surface area contributed by atoms with Gasteiger partial charge in [-0.3, -0.25) is 9.59 Å². The van der Waals surface area contributed by atoms with Crippen molar-refractivity contribution in [2.45, 2.75) is 25.8 Å². The van der Waals surface area contributed by atoms with Crippen molar-refractivity contribution < 1.29 is 19.5 Å². The lowest BCUT2D eigenvalue weighted by molar-refractivity contribution is -0.141. The highest BCUT2D eigenvalue weighted by Gasteiger charge is 2.18. The maximum absolute atomic E-state index is 10.5. The molecule has 0 saturated carbocycles. The molecule has 82 valence electrons. The van der Waals surface area contributed by atoms with E-state index in [9.17, 15) is 14.4 Å². The van der Waals surface area contributed by atoms with Crippen LogP contribution in [0.1, 0.15) is 19.8 Å². The number of aliphatic carboxylic acids is 1. The lowest BCUT2D eigenvalue weighted by atomic mass is 10.1. The molecule has 1 unspecified atom stereocenters. The fourth-order valence-electron chi connectivity index (χ4n) is 0.789. The summed E-state index contributed by atoms with van der Waals surface area (Å²) in [6.45, 7) is 1.21. The fourth-order valence-corrected chi connectivity index (χ4v) is 0.789. The van der Waals surface area contributed by atoms with Gasteiger partial charge in [0, 0.05) is 13.3 Å². The summed E-state index contributed by atoms with van der Waals surface area (Å²) in [5, 5.41) is 10.8. The fraction of sp³-hybridized carbons (Fsp3) is 0.571. The first-order chi connectivity index (χ1) is 5.93. The second kappa shape index (κ2) is 7.14. The van der Waals surface area contributed by atoms with Gasteiger partial charge in [-0.15, -0.1) is 12.4 Å². The Hall–Kier alpha value is -1.30. The smallest absolute Gasteiger partial charge is 0.326 e. The molecule has 7 heteroatoms. The number of nitrogens with one attached hydrogen (secondary N) is 1. The van der Waals surface area contributed by atoms with Crippen molar-refractivity contribution in [3.8, 4) is 0 Å². The van der Waals surface area contributed by atoms with Crippen LogP contribution >= 0.6 is 12.4 Å². The van der Waals surface area contributed by atoms with Gasteiger partial charge < -0.3 is 16.2 Å². The molecule has 0 fully saturated rings. The Morgan fingerprint density at radius 3 is 2.21 bits per heavy atom. The average Bonchev–Trinajstić information content (AvgIpc) is 1.96. The van der Waals surface area contributed by atoms with Gasteiger partial charge >= 0.3 is 5.97 Å². The van der Waals surface area contributed by atoms with Crippen LogP contribution in [-0.2, 0) is 14.4 Å². The van der Waals surface area contributed by atoms with Crippen LogP contribution in [-0.4, -0.2) is 28.9 Å². The highest BCUT2D eigenvalue weighted by molar-refractivity contribution is 5.85. The molecule has 0 aromatic carbocycles. The summed E-state index contributed by atoms with van der Waals surface area (Å²) >= 11 is 0. The van der Waals surface area contributed by atoms with Crippen LogP contribution in [0.5, 0.6) is 0 Å². The molecule has 1 atom stereocenters. The number of halogens is 1. The first kappa shape index (κ1) is 15.2. The van der Waals surface area contributed by atoms with E-state index in [1.807, 2.05) is 0 Å². The third-order valence-corrected chi connectivity index (χ3v) is 1.36. The molecule has 0 aliphatic rings. The van der Waals surface area contributed by atoms with Crippen LogP contribution < -0.4 is 11.1 Å². The normalized spacial score (nSPS) is 10.9. The number of carboxylic acid groups (broad SMARTS) is 1. The molecular formula is C7H13ClN2O4. The molecule has 0 saturated heterocycles. The van der Waals surface area contributed by atoms with Crippen molar-refractivity contribution >= 4 is 30.2 Å². The molecule has 0 rings (SSSR count). The van der Waals surface area contributed by atoms with E-state index >= 15 is 0 Å². The molecule has 0 spiro atoms. The maximum atomic E-state index is 10.5. The van der Waals surface area contributed by atoms with E-state index in [-0.39, 0.29) is 25.2 Å². The molecule has 0 heterocycles. The average molecular weight is 225 g/mol. The minimum absolute atomic E-state index is 0. The second-order valence-electron chi connectivity index (χ2n) is 2.60. The topological polar surface area (TPSA) is 109 Å². The standard InChI is InChI=1S/C7H12N2O4.ClH/c1-4(10)9-5(7(12)13)2-3-6(8)11;/h5H,2-3H2,1H3,(H2,8,11)(H,9,10)(H,12,13);1H. The van der Waals surface area contributed by atoms with Crippen molar-refractivity contribution in [2.75, 3.05) is 0 Å². The zero-order valence-corrected chi connectivity index (χ0v) is 8.47. The Balaban J connectivity index is 0. The number of primary amides is 1. The van der Waals surface area contributed by atoms with Crippen LogP contribution in [0.25, 0.3) is 0 Å².